The Kier molecular flexibility index (Phi) is 5.89. The summed E-state index contributed by atoms with van der Waals surface area (Å²) in [5.74, 6) is 1.12. The van der Waals surface area contributed by atoms with Crippen molar-refractivity contribution in [2.24, 2.45) is 0 Å². The normalized spacial score (nSPS) is 11.7. The van der Waals surface area contributed by atoms with Gasteiger partial charge in [0.05, 0.1) is 29.7 Å². The highest BCUT2D eigenvalue weighted by Gasteiger charge is 2.24. The van der Waals surface area contributed by atoms with Crippen LogP contribution in [0.5, 0.6) is 5.75 Å². The molecular weight excluding hydrogens is 404 g/mol. The molecule has 4 aromatic rings. The second-order valence-corrected chi connectivity index (χ2v) is 7.41. The maximum absolute atomic E-state index is 13.4. The van der Waals surface area contributed by atoms with Crippen LogP contribution < -0.4 is 15.6 Å². The molecule has 0 aliphatic rings. The number of anilines is 1. The summed E-state index contributed by atoms with van der Waals surface area (Å²) in [5.41, 5.74) is 1.72. The molecule has 0 aliphatic heterocycles. The third kappa shape index (κ3) is 4.05. The van der Waals surface area contributed by atoms with Gasteiger partial charge in [0, 0.05) is 18.8 Å². The number of carbonyl (C=O) groups excluding carboxylic acids is 1. The van der Waals surface area contributed by atoms with Crippen molar-refractivity contribution in [2.75, 3.05) is 19.5 Å². The highest BCUT2D eigenvalue weighted by Crippen LogP contribution is 2.23. The number of carbonyl (C=O) groups is 1. The van der Waals surface area contributed by atoms with Gasteiger partial charge >= 0.3 is 6.03 Å². The maximum Gasteiger partial charge on any atom is 0.322 e. The summed E-state index contributed by atoms with van der Waals surface area (Å²) >= 11 is 0. The third-order valence-electron chi connectivity index (χ3n) is 5.41. The van der Waals surface area contributed by atoms with Gasteiger partial charge < -0.3 is 15.0 Å². The van der Waals surface area contributed by atoms with Gasteiger partial charge in [-0.25, -0.2) is 9.78 Å². The monoisotopic (exact) mass is 428 g/mol. The van der Waals surface area contributed by atoms with E-state index in [0.29, 0.717) is 33.9 Å². The first-order valence-electron chi connectivity index (χ1n) is 10.2. The molecule has 3 aromatic carbocycles. The van der Waals surface area contributed by atoms with E-state index in [-0.39, 0.29) is 11.6 Å². The molecule has 0 spiro atoms. The Morgan fingerprint density at radius 2 is 1.75 bits per heavy atom. The van der Waals surface area contributed by atoms with Crippen molar-refractivity contribution in [2.45, 2.75) is 13.0 Å². The quantitative estimate of drug-likeness (QED) is 0.503. The Hall–Kier alpha value is -4.13. The zero-order valence-electron chi connectivity index (χ0n) is 18.1. The predicted octanol–water partition coefficient (Wildman–Crippen LogP) is 4.62. The second kappa shape index (κ2) is 8.93. The van der Waals surface area contributed by atoms with E-state index in [0.717, 1.165) is 0 Å². The lowest BCUT2D eigenvalue weighted by atomic mass is 10.2. The number of nitrogens with one attached hydrogen (secondary N) is 1. The van der Waals surface area contributed by atoms with E-state index in [4.69, 9.17) is 9.72 Å². The average Bonchev–Trinajstić information content (AvgIpc) is 2.83. The van der Waals surface area contributed by atoms with Crippen LogP contribution in [-0.2, 0) is 0 Å². The lowest BCUT2D eigenvalue weighted by Crippen LogP contribution is -2.37. The first-order chi connectivity index (χ1) is 15.5. The number of aromatic nitrogens is 2. The van der Waals surface area contributed by atoms with Gasteiger partial charge in [-0.1, -0.05) is 36.4 Å². The standard InChI is InChI=1S/C25H24N4O3/c1-17(28(2)25(31)26-18-10-9-13-20(16-18)32-3)23-27-22-15-8-7-14-21(22)24(30)29(23)19-11-5-4-6-12-19/h4-17H,1-3H3,(H,26,31). The summed E-state index contributed by atoms with van der Waals surface area (Å²) in [6.45, 7) is 1.85. The first kappa shape index (κ1) is 21.1. The van der Waals surface area contributed by atoms with E-state index in [2.05, 4.69) is 5.32 Å². The number of methoxy groups -OCH3 is 1. The van der Waals surface area contributed by atoms with Gasteiger partial charge in [-0.05, 0) is 43.3 Å². The molecule has 1 N–H and O–H groups in total. The van der Waals surface area contributed by atoms with Gasteiger partial charge in [-0.15, -0.1) is 0 Å². The van der Waals surface area contributed by atoms with Crippen LogP contribution in [0.4, 0.5) is 10.5 Å². The summed E-state index contributed by atoms with van der Waals surface area (Å²) in [6, 6.07) is 22.9. The van der Waals surface area contributed by atoms with Gasteiger partial charge in [-0.2, -0.15) is 0 Å². The molecule has 32 heavy (non-hydrogen) atoms. The molecule has 1 unspecified atom stereocenters. The molecule has 7 nitrogen and oxygen atoms in total. The van der Waals surface area contributed by atoms with Crippen LogP contribution in [0.15, 0.2) is 83.7 Å². The van der Waals surface area contributed by atoms with Crippen molar-refractivity contribution in [3.8, 4) is 11.4 Å². The van der Waals surface area contributed by atoms with Gasteiger partial charge in [0.2, 0.25) is 0 Å². The van der Waals surface area contributed by atoms with Crippen molar-refractivity contribution in [1.82, 2.24) is 14.5 Å². The van der Waals surface area contributed by atoms with Gasteiger partial charge in [0.15, 0.2) is 0 Å². The number of ether oxygens (including phenoxy) is 1. The largest absolute Gasteiger partial charge is 0.497 e. The molecule has 0 bridgehead atoms. The summed E-state index contributed by atoms with van der Waals surface area (Å²) < 4.78 is 6.79. The minimum Gasteiger partial charge on any atom is -0.497 e. The minimum atomic E-state index is -0.488. The van der Waals surface area contributed by atoms with Gasteiger partial charge in [0.1, 0.15) is 11.6 Å². The Labute approximate surface area is 185 Å². The molecule has 0 saturated heterocycles. The minimum absolute atomic E-state index is 0.176. The molecule has 0 aliphatic carbocycles. The lowest BCUT2D eigenvalue weighted by molar-refractivity contribution is 0.205. The van der Waals surface area contributed by atoms with Gasteiger partial charge in [-0.3, -0.25) is 9.36 Å². The maximum atomic E-state index is 13.4. The first-order valence-corrected chi connectivity index (χ1v) is 10.2. The predicted molar refractivity (Wildman–Crippen MR) is 126 cm³/mol. The number of rotatable bonds is 5. The van der Waals surface area contributed by atoms with Crippen molar-refractivity contribution in [3.05, 3.63) is 95.0 Å². The van der Waals surface area contributed by atoms with E-state index in [9.17, 15) is 9.59 Å². The molecule has 1 heterocycles. The van der Waals surface area contributed by atoms with E-state index < -0.39 is 6.04 Å². The zero-order chi connectivity index (χ0) is 22.7. The molecule has 1 aromatic heterocycles. The summed E-state index contributed by atoms with van der Waals surface area (Å²) in [7, 11) is 3.25. The number of benzene rings is 3. The molecule has 162 valence electrons. The highest BCUT2D eigenvalue weighted by atomic mass is 16.5. The lowest BCUT2D eigenvalue weighted by Gasteiger charge is -2.27. The Morgan fingerprint density at radius 3 is 2.50 bits per heavy atom. The molecule has 1 atom stereocenters. The topological polar surface area (TPSA) is 76.5 Å². The Morgan fingerprint density at radius 1 is 1.03 bits per heavy atom. The van der Waals surface area contributed by atoms with Crippen molar-refractivity contribution in [3.63, 3.8) is 0 Å². The fraction of sp³-hybridized carbons (Fsp3) is 0.160. The van der Waals surface area contributed by atoms with E-state index in [1.54, 1.807) is 55.1 Å². The van der Waals surface area contributed by atoms with Crippen molar-refractivity contribution >= 4 is 22.6 Å². The zero-order valence-corrected chi connectivity index (χ0v) is 18.1. The van der Waals surface area contributed by atoms with E-state index in [1.807, 2.05) is 49.4 Å². The highest BCUT2D eigenvalue weighted by molar-refractivity contribution is 5.89. The Balaban J connectivity index is 1.74. The number of para-hydroxylation sites is 2. The summed E-state index contributed by atoms with van der Waals surface area (Å²) in [5, 5.41) is 3.39. The van der Waals surface area contributed by atoms with Crippen LogP contribution in [0.2, 0.25) is 0 Å². The van der Waals surface area contributed by atoms with Crippen LogP contribution in [0.3, 0.4) is 0 Å². The molecule has 0 fully saturated rings. The van der Waals surface area contributed by atoms with Crippen LogP contribution in [0.1, 0.15) is 18.8 Å². The smallest absolute Gasteiger partial charge is 0.322 e. The summed E-state index contributed by atoms with van der Waals surface area (Å²) in [4.78, 5) is 32.7. The van der Waals surface area contributed by atoms with Crippen LogP contribution in [-0.4, -0.2) is 34.6 Å². The molecule has 4 rings (SSSR count). The molecule has 0 radical (unpaired) electrons. The average molecular weight is 428 g/mol. The fourth-order valence-corrected chi connectivity index (χ4v) is 3.52. The van der Waals surface area contributed by atoms with E-state index >= 15 is 0 Å². The van der Waals surface area contributed by atoms with Crippen LogP contribution in [0.25, 0.3) is 16.6 Å². The SMILES string of the molecule is COc1cccc(NC(=O)N(C)C(C)c2nc3ccccc3c(=O)n2-c2ccccc2)c1. The molecule has 0 saturated carbocycles. The third-order valence-corrected chi connectivity index (χ3v) is 5.41. The number of urea groups is 1. The van der Waals surface area contributed by atoms with Crippen LogP contribution in [0, 0.1) is 0 Å². The van der Waals surface area contributed by atoms with Crippen LogP contribution >= 0.6 is 0 Å². The number of amides is 2. The number of hydrogen-bond acceptors (Lipinski definition) is 4. The van der Waals surface area contributed by atoms with Crippen molar-refractivity contribution < 1.29 is 9.53 Å². The van der Waals surface area contributed by atoms with Gasteiger partial charge in [0.25, 0.3) is 5.56 Å². The number of fused-ring (bicyclic) bond motifs is 1. The number of nitrogens with zero attached hydrogens (tertiary/aromatic N) is 3. The summed E-state index contributed by atoms with van der Waals surface area (Å²) in [6.07, 6.45) is 0. The number of hydrogen-bond donors (Lipinski definition) is 1. The Bertz CT molecular complexity index is 1320. The molecule has 2 amide bonds. The molecular formula is C25H24N4O3. The fourth-order valence-electron chi connectivity index (χ4n) is 3.52. The second-order valence-electron chi connectivity index (χ2n) is 7.41. The van der Waals surface area contributed by atoms with E-state index in [1.165, 1.54) is 4.90 Å². The van der Waals surface area contributed by atoms with Crippen molar-refractivity contribution in [1.29, 1.82) is 0 Å². The molecule has 7 heteroatoms.